The van der Waals surface area contributed by atoms with Gasteiger partial charge < -0.3 is 14.8 Å². The van der Waals surface area contributed by atoms with Crippen molar-refractivity contribution in [2.24, 2.45) is 0 Å². The van der Waals surface area contributed by atoms with Crippen LogP contribution in [0.2, 0.25) is 0 Å². The maximum Gasteiger partial charge on any atom is 0.125 e. The summed E-state index contributed by atoms with van der Waals surface area (Å²) >= 11 is 0. The highest BCUT2D eigenvalue weighted by molar-refractivity contribution is 5.42. The van der Waals surface area contributed by atoms with Gasteiger partial charge in [0.25, 0.3) is 0 Å². The Hall–Kier alpha value is -1.13. The highest BCUT2D eigenvalue weighted by Gasteiger charge is 2.15. The second-order valence-corrected chi connectivity index (χ2v) is 3.79. The van der Waals surface area contributed by atoms with Crippen LogP contribution in [0.5, 0.6) is 0 Å². The summed E-state index contributed by atoms with van der Waals surface area (Å²) in [5.41, 5.74) is 0.784. The SMILES string of the molecule is Fc1cccc(NCCOC2CCOC2)c1. The Labute approximate surface area is 94.6 Å². The predicted molar refractivity (Wildman–Crippen MR) is 60.1 cm³/mol. The van der Waals surface area contributed by atoms with E-state index in [2.05, 4.69) is 5.32 Å². The molecule has 0 aliphatic carbocycles. The summed E-state index contributed by atoms with van der Waals surface area (Å²) in [5.74, 6) is -0.227. The Balaban J connectivity index is 1.64. The first-order valence-electron chi connectivity index (χ1n) is 5.53. The number of nitrogens with one attached hydrogen (secondary N) is 1. The van der Waals surface area contributed by atoms with Crippen LogP contribution in [-0.4, -0.2) is 32.5 Å². The number of anilines is 1. The maximum absolute atomic E-state index is 12.8. The number of hydrogen-bond acceptors (Lipinski definition) is 3. The van der Waals surface area contributed by atoms with E-state index in [0.717, 1.165) is 18.7 Å². The van der Waals surface area contributed by atoms with Crippen LogP contribution in [0.1, 0.15) is 6.42 Å². The average Bonchev–Trinajstić information content (AvgIpc) is 2.77. The van der Waals surface area contributed by atoms with Gasteiger partial charge in [0.1, 0.15) is 5.82 Å². The zero-order valence-corrected chi connectivity index (χ0v) is 9.12. The van der Waals surface area contributed by atoms with Gasteiger partial charge in [0, 0.05) is 18.8 Å². The molecule has 1 atom stereocenters. The fraction of sp³-hybridized carbons (Fsp3) is 0.500. The minimum Gasteiger partial charge on any atom is -0.383 e. The van der Waals surface area contributed by atoms with Crippen molar-refractivity contribution in [1.82, 2.24) is 0 Å². The molecule has 4 heteroatoms. The standard InChI is InChI=1S/C12H16FNO2/c13-10-2-1-3-11(8-10)14-5-7-16-12-4-6-15-9-12/h1-3,8,12,14H,4-7,9H2. The van der Waals surface area contributed by atoms with Crippen molar-refractivity contribution in [2.45, 2.75) is 12.5 Å². The van der Waals surface area contributed by atoms with Crippen LogP contribution in [0.4, 0.5) is 10.1 Å². The third-order valence-electron chi connectivity index (χ3n) is 2.50. The van der Waals surface area contributed by atoms with Crippen molar-refractivity contribution < 1.29 is 13.9 Å². The van der Waals surface area contributed by atoms with E-state index in [4.69, 9.17) is 9.47 Å². The van der Waals surface area contributed by atoms with Gasteiger partial charge in [0.05, 0.1) is 19.3 Å². The van der Waals surface area contributed by atoms with Crippen molar-refractivity contribution in [2.75, 3.05) is 31.7 Å². The lowest BCUT2D eigenvalue weighted by molar-refractivity contribution is 0.0489. The van der Waals surface area contributed by atoms with Crippen LogP contribution in [0.3, 0.4) is 0 Å². The average molecular weight is 225 g/mol. The fourth-order valence-corrected chi connectivity index (χ4v) is 1.66. The first-order chi connectivity index (χ1) is 7.84. The van der Waals surface area contributed by atoms with Gasteiger partial charge in [0.15, 0.2) is 0 Å². The van der Waals surface area contributed by atoms with E-state index in [1.54, 1.807) is 6.07 Å². The van der Waals surface area contributed by atoms with Gasteiger partial charge in [-0.25, -0.2) is 4.39 Å². The molecule has 1 aliphatic rings. The number of rotatable bonds is 5. The van der Waals surface area contributed by atoms with Crippen molar-refractivity contribution in [3.8, 4) is 0 Å². The van der Waals surface area contributed by atoms with E-state index < -0.39 is 0 Å². The highest BCUT2D eigenvalue weighted by atomic mass is 19.1. The molecule has 1 aromatic carbocycles. The number of halogens is 1. The summed E-state index contributed by atoms with van der Waals surface area (Å²) in [5, 5.41) is 3.10. The predicted octanol–water partition coefficient (Wildman–Crippen LogP) is 2.04. The largest absolute Gasteiger partial charge is 0.383 e. The third kappa shape index (κ3) is 3.47. The van der Waals surface area contributed by atoms with Crippen molar-refractivity contribution in [3.05, 3.63) is 30.1 Å². The second-order valence-electron chi connectivity index (χ2n) is 3.79. The minimum atomic E-state index is -0.227. The zero-order valence-electron chi connectivity index (χ0n) is 9.12. The molecule has 0 radical (unpaired) electrons. The smallest absolute Gasteiger partial charge is 0.125 e. The molecule has 3 nitrogen and oxygen atoms in total. The first-order valence-corrected chi connectivity index (χ1v) is 5.53. The Bertz CT molecular complexity index is 327. The molecule has 0 amide bonds. The van der Waals surface area contributed by atoms with Gasteiger partial charge in [-0.05, 0) is 24.6 Å². The lowest BCUT2D eigenvalue weighted by Gasteiger charge is -2.11. The number of hydrogen-bond donors (Lipinski definition) is 1. The van der Waals surface area contributed by atoms with Crippen LogP contribution in [0, 0.1) is 5.82 Å². The molecule has 0 spiro atoms. The zero-order chi connectivity index (χ0) is 11.2. The van der Waals surface area contributed by atoms with E-state index in [1.807, 2.05) is 6.07 Å². The van der Waals surface area contributed by atoms with E-state index in [9.17, 15) is 4.39 Å². The second kappa shape index (κ2) is 5.82. The summed E-state index contributed by atoms with van der Waals surface area (Å²) in [6, 6.07) is 6.42. The fourth-order valence-electron chi connectivity index (χ4n) is 1.66. The number of benzene rings is 1. The molecule has 1 N–H and O–H groups in total. The Morgan fingerprint density at radius 2 is 2.44 bits per heavy atom. The monoisotopic (exact) mass is 225 g/mol. The van der Waals surface area contributed by atoms with E-state index >= 15 is 0 Å². The van der Waals surface area contributed by atoms with Crippen LogP contribution in [-0.2, 0) is 9.47 Å². The van der Waals surface area contributed by atoms with Crippen molar-refractivity contribution in [1.29, 1.82) is 0 Å². The molecule has 1 aromatic rings. The van der Waals surface area contributed by atoms with Gasteiger partial charge in [0.2, 0.25) is 0 Å². The summed E-state index contributed by atoms with van der Waals surface area (Å²) in [6.45, 7) is 2.78. The lowest BCUT2D eigenvalue weighted by Crippen LogP contribution is -2.18. The molecule has 1 fully saturated rings. The quantitative estimate of drug-likeness (QED) is 0.778. The van der Waals surface area contributed by atoms with E-state index in [1.165, 1.54) is 12.1 Å². The highest BCUT2D eigenvalue weighted by Crippen LogP contribution is 2.10. The van der Waals surface area contributed by atoms with Crippen LogP contribution in [0.25, 0.3) is 0 Å². The summed E-state index contributed by atoms with van der Waals surface area (Å²) in [4.78, 5) is 0. The van der Waals surface area contributed by atoms with Gasteiger partial charge in [-0.15, -0.1) is 0 Å². The Morgan fingerprint density at radius 3 is 3.19 bits per heavy atom. The molecule has 1 unspecified atom stereocenters. The van der Waals surface area contributed by atoms with E-state index in [0.29, 0.717) is 19.8 Å². The molecular formula is C12H16FNO2. The summed E-state index contributed by atoms with van der Waals surface area (Å²) in [7, 11) is 0. The molecule has 1 aliphatic heterocycles. The molecule has 1 saturated heterocycles. The molecule has 1 heterocycles. The van der Waals surface area contributed by atoms with Crippen LogP contribution >= 0.6 is 0 Å². The Kier molecular flexibility index (Phi) is 4.13. The topological polar surface area (TPSA) is 30.5 Å². The molecule has 0 aromatic heterocycles. The summed E-state index contributed by atoms with van der Waals surface area (Å²) in [6.07, 6.45) is 1.20. The van der Waals surface area contributed by atoms with E-state index in [-0.39, 0.29) is 11.9 Å². The third-order valence-corrected chi connectivity index (χ3v) is 2.50. The molecule has 2 rings (SSSR count). The van der Waals surface area contributed by atoms with Gasteiger partial charge >= 0.3 is 0 Å². The molecule has 0 bridgehead atoms. The molecule has 16 heavy (non-hydrogen) atoms. The van der Waals surface area contributed by atoms with Crippen molar-refractivity contribution >= 4 is 5.69 Å². The summed E-state index contributed by atoms with van der Waals surface area (Å²) < 4.78 is 23.6. The Morgan fingerprint density at radius 1 is 1.50 bits per heavy atom. The number of ether oxygens (including phenoxy) is 2. The van der Waals surface area contributed by atoms with Gasteiger partial charge in [-0.1, -0.05) is 6.07 Å². The first kappa shape index (κ1) is 11.4. The minimum absolute atomic E-state index is 0.227. The van der Waals surface area contributed by atoms with Crippen LogP contribution in [0.15, 0.2) is 24.3 Å². The lowest BCUT2D eigenvalue weighted by atomic mass is 10.3. The van der Waals surface area contributed by atoms with Crippen LogP contribution < -0.4 is 5.32 Å². The maximum atomic E-state index is 12.8. The van der Waals surface area contributed by atoms with Gasteiger partial charge in [-0.2, -0.15) is 0 Å². The van der Waals surface area contributed by atoms with Gasteiger partial charge in [-0.3, -0.25) is 0 Å². The normalized spacial score (nSPS) is 19.9. The molecule has 88 valence electrons. The van der Waals surface area contributed by atoms with Crippen molar-refractivity contribution in [3.63, 3.8) is 0 Å². The molecular weight excluding hydrogens is 209 g/mol. The molecule has 0 saturated carbocycles.